The van der Waals surface area contributed by atoms with Crippen molar-refractivity contribution in [2.45, 2.75) is 20.0 Å². The first-order valence-corrected chi connectivity index (χ1v) is 5.98. The molecule has 0 unspecified atom stereocenters. The van der Waals surface area contributed by atoms with E-state index < -0.39 is 0 Å². The zero-order valence-corrected chi connectivity index (χ0v) is 10.6. The molecule has 80 valence electrons. The number of rotatable bonds is 3. The molecule has 15 heavy (non-hydrogen) atoms. The van der Waals surface area contributed by atoms with Crippen LogP contribution in [0.15, 0.2) is 28.7 Å². The lowest BCUT2D eigenvalue weighted by atomic mass is 10.2. The van der Waals surface area contributed by atoms with Gasteiger partial charge in [0, 0.05) is 28.8 Å². The molecule has 0 fully saturated rings. The predicted molar refractivity (Wildman–Crippen MR) is 68.1 cm³/mol. The molecule has 0 spiro atoms. The lowest BCUT2D eigenvalue weighted by Crippen LogP contribution is -2.10. The van der Waals surface area contributed by atoms with E-state index in [0.29, 0.717) is 0 Å². The van der Waals surface area contributed by atoms with Crippen LogP contribution >= 0.6 is 15.9 Å². The van der Waals surface area contributed by atoms with Crippen LogP contribution in [0.2, 0.25) is 0 Å². The fourth-order valence-electron chi connectivity index (χ4n) is 1.99. The first-order valence-electron chi connectivity index (χ1n) is 5.18. The fourth-order valence-corrected chi connectivity index (χ4v) is 2.33. The summed E-state index contributed by atoms with van der Waals surface area (Å²) in [6.07, 6.45) is 0. The number of nitrogens with one attached hydrogen (secondary N) is 1. The molecule has 1 heterocycles. The number of benzene rings is 1. The van der Waals surface area contributed by atoms with Gasteiger partial charge in [-0.05, 0) is 37.6 Å². The molecule has 0 amide bonds. The SMILES string of the molecule is CCn1c(CNC)cc2ccc(Br)cc21. The third-order valence-electron chi connectivity index (χ3n) is 2.63. The molecule has 0 saturated heterocycles. The second-order valence-electron chi connectivity index (χ2n) is 3.61. The van der Waals surface area contributed by atoms with Crippen LogP contribution in [-0.4, -0.2) is 11.6 Å². The van der Waals surface area contributed by atoms with Gasteiger partial charge in [-0.1, -0.05) is 22.0 Å². The highest BCUT2D eigenvalue weighted by molar-refractivity contribution is 9.10. The maximum atomic E-state index is 3.52. The van der Waals surface area contributed by atoms with Crippen LogP contribution in [0.5, 0.6) is 0 Å². The van der Waals surface area contributed by atoms with E-state index in [9.17, 15) is 0 Å². The second-order valence-corrected chi connectivity index (χ2v) is 4.53. The molecule has 2 nitrogen and oxygen atoms in total. The average Bonchev–Trinajstić information content (AvgIpc) is 2.55. The van der Waals surface area contributed by atoms with Crippen molar-refractivity contribution in [1.29, 1.82) is 0 Å². The van der Waals surface area contributed by atoms with Crippen molar-refractivity contribution in [3.63, 3.8) is 0 Å². The van der Waals surface area contributed by atoms with Crippen LogP contribution in [0.4, 0.5) is 0 Å². The third kappa shape index (κ3) is 1.94. The molecular weight excluding hydrogens is 252 g/mol. The van der Waals surface area contributed by atoms with Crippen molar-refractivity contribution in [3.05, 3.63) is 34.4 Å². The maximum Gasteiger partial charge on any atom is 0.0494 e. The Morgan fingerprint density at radius 2 is 2.13 bits per heavy atom. The van der Waals surface area contributed by atoms with Gasteiger partial charge < -0.3 is 9.88 Å². The molecule has 0 aliphatic rings. The number of aromatic nitrogens is 1. The van der Waals surface area contributed by atoms with Crippen LogP contribution in [0.1, 0.15) is 12.6 Å². The highest BCUT2D eigenvalue weighted by atomic mass is 79.9. The van der Waals surface area contributed by atoms with Gasteiger partial charge in [0.05, 0.1) is 0 Å². The molecule has 2 rings (SSSR count). The molecule has 0 bridgehead atoms. The molecule has 1 aromatic heterocycles. The van der Waals surface area contributed by atoms with E-state index in [1.165, 1.54) is 16.6 Å². The summed E-state index contributed by atoms with van der Waals surface area (Å²) in [5.74, 6) is 0. The Kier molecular flexibility index (Phi) is 3.12. The van der Waals surface area contributed by atoms with Crippen LogP contribution in [0, 0.1) is 0 Å². The van der Waals surface area contributed by atoms with E-state index in [0.717, 1.165) is 17.6 Å². The highest BCUT2D eigenvalue weighted by Gasteiger charge is 2.06. The Hall–Kier alpha value is -0.800. The molecule has 0 radical (unpaired) electrons. The first-order chi connectivity index (χ1) is 7.26. The Morgan fingerprint density at radius 3 is 2.80 bits per heavy atom. The van der Waals surface area contributed by atoms with Crippen molar-refractivity contribution in [3.8, 4) is 0 Å². The van der Waals surface area contributed by atoms with Gasteiger partial charge in [-0.25, -0.2) is 0 Å². The molecule has 0 aliphatic heterocycles. The fraction of sp³-hybridized carbons (Fsp3) is 0.333. The zero-order chi connectivity index (χ0) is 10.8. The van der Waals surface area contributed by atoms with E-state index in [4.69, 9.17) is 0 Å². The van der Waals surface area contributed by atoms with Crippen molar-refractivity contribution >= 4 is 26.8 Å². The minimum atomic E-state index is 0.917. The smallest absolute Gasteiger partial charge is 0.0494 e. The number of hydrogen-bond acceptors (Lipinski definition) is 1. The second kappa shape index (κ2) is 4.37. The summed E-state index contributed by atoms with van der Waals surface area (Å²) in [4.78, 5) is 0. The van der Waals surface area contributed by atoms with Crippen LogP contribution in [0.25, 0.3) is 10.9 Å². The van der Waals surface area contributed by atoms with E-state index in [1.807, 2.05) is 7.05 Å². The number of fused-ring (bicyclic) bond motifs is 1. The van der Waals surface area contributed by atoms with Crippen molar-refractivity contribution in [1.82, 2.24) is 9.88 Å². The van der Waals surface area contributed by atoms with Gasteiger partial charge in [0.15, 0.2) is 0 Å². The summed E-state index contributed by atoms with van der Waals surface area (Å²) >= 11 is 3.52. The monoisotopic (exact) mass is 266 g/mol. The van der Waals surface area contributed by atoms with Gasteiger partial charge >= 0.3 is 0 Å². The summed E-state index contributed by atoms with van der Waals surface area (Å²) in [6.45, 7) is 4.11. The van der Waals surface area contributed by atoms with Crippen LogP contribution in [-0.2, 0) is 13.1 Å². The summed E-state index contributed by atoms with van der Waals surface area (Å²) in [7, 11) is 1.98. The van der Waals surface area contributed by atoms with E-state index >= 15 is 0 Å². The lowest BCUT2D eigenvalue weighted by molar-refractivity contribution is 0.692. The molecule has 2 aromatic rings. The van der Waals surface area contributed by atoms with Gasteiger partial charge in [-0.2, -0.15) is 0 Å². The molecular formula is C12H15BrN2. The van der Waals surface area contributed by atoms with Crippen molar-refractivity contribution in [2.75, 3.05) is 7.05 Å². The number of halogens is 1. The van der Waals surface area contributed by atoms with Gasteiger partial charge in [0.25, 0.3) is 0 Å². The minimum absolute atomic E-state index is 0.917. The lowest BCUT2D eigenvalue weighted by Gasteiger charge is -2.07. The van der Waals surface area contributed by atoms with Gasteiger partial charge in [0.1, 0.15) is 0 Å². The van der Waals surface area contributed by atoms with Gasteiger partial charge in [-0.3, -0.25) is 0 Å². The molecule has 3 heteroatoms. The highest BCUT2D eigenvalue weighted by Crippen LogP contribution is 2.23. The Labute approximate surface area is 98.4 Å². The Balaban J connectivity index is 2.63. The standard InChI is InChI=1S/C12H15BrN2/c1-3-15-11(8-14-2)6-9-4-5-10(13)7-12(9)15/h4-7,14H,3,8H2,1-2H3. The number of aryl methyl sites for hydroxylation is 1. The van der Waals surface area contributed by atoms with Crippen LogP contribution in [0.3, 0.4) is 0 Å². The first kappa shape index (κ1) is 10.7. The Bertz CT molecular complexity index is 474. The molecule has 1 aromatic carbocycles. The number of nitrogens with zero attached hydrogens (tertiary/aromatic N) is 1. The van der Waals surface area contributed by atoms with Crippen LogP contribution < -0.4 is 5.32 Å². The van der Waals surface area contributed by atoms with Crippen molar-refractivity contribution < 1.29 is 0 Å². The van der Waals surface area contributed by atoms with E-state index in [-0.39, 0.29) is 0 Å². The summed E-state index contributed by atoms with van der Waals surface area (Å²) in [6, 6.07) is 8.68. The topological polar surface area (TPSA) is 17.0 Å². The molecule has 0 saturated carbocycles. The quantitative estimate of drug-likeness (QED) is 0.904. The Morgan fingerprint density at radius 1 is 1.33 bits per heavy atom. The minimum Gasteiger partial charge on any atom is -0.344 e. The maximum absolute atomic E-state index is 3.52. The summed E-state index contributed by atoms with van der Waals surface area (Å²) in [5, 5.41) is 4.51. The average molecular weight is 267 g/mol. The normalized spacial score (nSPS) is 11.1. The zero-order valence-electron chi connectivity index (χ0n) is 9.05. The molecule has 0 atom stereocenters. The predicted octanol–water partition coefficient (Wildman–Crippen LogP) is 3.14. The van der Waals surface area contributed by atoms with E-state index in [2.05, 4.69) is 57.0 Å². The number of hydrogen-bond donors (Lipinski definition) is 1. The molecule has 0 aliphatic carbocycles. The van der Waals surface area contributed by atoms with Gasteiger partial charge in [-0.15, -0.1) is 0 Å². The third-order valence-corrected chi connectivity index (χ3v) is 3.12. The van der Waals surface area contributed by atoms with Crippen molar-refractivity contribution in [2.24, 2.45) is 0 Å². The summed E-state index contributed by atoms with van der Waals surface area (Å²) < 4.78 is 3.48. The van der Waals surface area contributed by atoms with E-state index in [1.54, 1.807) is 0 Å². The van der Waals surface area contributed by atoms with Gasteiger partial charge in [0.2, 0.25) is 0 Å². The summed E-state index contributed by atoms with van der Waals surface area (Å²) in [5.41, 5.74) is 2.64. The largest absolute Gasteiger partial charge is 0.344 e. The molecule has 1 N–H and O–H groups in total.